The molecule has 4 heteroatoms. The van der Waals surface area contributed by atoms with Crippen LogP contribution in [0.2, 0.25) is 0 Å². The van der Waals surface area contributed by atoms with Gasteiger partial charge in [-0.3, -0.25) is 4.79 Å². The van der Waals surface area contributed by atoms with E-state index in [1.807, 2.05) is 18.7 Å². The highest BCUT2D eigenvalue weighted by Crippen LogP contribution is 2.18. The molecule has 1 aliphatic heterocycles. The summed E-state index contributed by atoms with van der Waals surface area (Å²) in [4.78, 5) is 14.2. The lowest BCUT2D eigenvalue weighted by molar-refractivity contribution is -0.136. The van der Waals surface area contributed by atoms with Crippen LogP contribution in [-0.4, -0.2) is 36.0 Å². The molecule has 1 aromatic rings. The molecule has 3 nitrogen and oxygen atoms in total. The molecule has 0 aromatic heterocycles. The standard InChI is InChI=1S/C14H19FN2O/c1-14(2)10-16-6-7-17(14)13(18)9-11-4-3-5-12(15)8-11/h3-5,8,16H,6-7,9-10H2,1-2H3. The molecule has 1 fully saturated rings. The summed E-state index contributed by atoms with van der Waals surface area (Å²) in [6, 6.07) is 6.24. The normalized spacial score (nSPS) is 18.7. The SMILES string of the molecule is CC1(C)CNCCN1C(=O)Cc1cccc(F)c1. The van der Waals surface area contributed by atoms with Crippen LogP contribution in [0.1, 0.15) is 19.4 Å². The zero-order valence-corrected chi connectivity index (χ0v) is 10.9. The summed E-state index contributed by atoms with van der Waals surface area (Å²) in [6.07, 6.45) is 0.265. The molecule has 18 heavy (non-hydrogen) atoms. The summed E-state index contributed by atoms with van der Waals surface area (Å²) in [5.41, 5.74) is 0.553. The number of halogens is 1. The minimum atomic E-state index is -0.292. The van der Waals surface area contributed by atoms with E-state index >= 15 is 0 Å². The van der Waals surface area contributed by atoms with E-state index in [-0.39, 0.29) is 23.7 Å². The molecule has 98 valence electrons. The van der Waals surface area contributed by atoms with Gasteiger partial charge >= 0.3 is 0 Å². The van der Waals surface area contributed by atoms with E-state index in [0.29, 0.717) is 6.54 Å². The van der Waals surface area contributed by atoms with E-state index in [1.165, 1.54) is 12.1 Å². The molecule has 0 saturated carbocycles. The van der Waals surface area contributed by atoms with Gasteiger partial charge in [-0.25, -0.2) is 4.39 Å². The molecule has 0 spiro atoms. The number of carbonyl (C=O) groups excluding carboxylic acids is 1. The number of nitrogens with one attached hydrogen (secondary N) is 1. The lowest BCUT2D eigenvalue weighted by Gasteiger charge is -2.43. The van der Waals surface area contributed by atoms with Gasteiger partial charge in [-0.15, -0.1) is 0 Å². The van der Waals surface area contributed by atoms with Crippen LogP contribution in [0.4, 0.5) is 4.39 Å². The Balaban J connectivity index is 2.07. The first-order valence-corrected chi connectivity index (χ1v) is 6.25. The van der Waals surface area contributed by atoms with E-state index in [2.05, 4.69) is 5.32 Å². The Morgan fingerprint density at radius 1 is 1.50 bits per heavy atom. The van der Waals surface area contributed by atoms with Gasteiger partial charge in [-0.1, -0.05) is 12.1 Å². The maximum Gasteiger partial charge on any atom is 0.227 e. The van der Waals surface area contributed by atoms with E-state index in [1.54, 1.807) is 12.1 Å². The zero-order valence-electron chi connectivity index (χ0n) is 10.9. The first-order chi connectivity index (χ1) is 8.49. The van der Waals surface area contributed by atoms with Crippen LogP contribution in [0.5, 0.6) is 0 Å². The highest BCUT2D eigenvalue weighted by atomic mass is 19.1. The monoisotopic (exact) mass is 250 g/mol. The second-order valence-corrected chi connectivity index (χ2v) is 5.34. The van der Waals surface area contributed by atoms with Crippen molar-refractivity contribution in [2.75, 3.05) is 19.6 Å². The Kier molecular flexibility index (Phi) is 3.66. The van der Waals surface area contributed by atoms with Gasteiger partial charge in [0, 0.05) is 25.2 Å². The Morgan fingerprint density at radius 2 is 2.28 bits per heavy atom. The van der Waals surface area contributed by atoms with Crippen LogP contribution < -0.4 is 5.32 Å². The number of hydrogen-bond donors (Lipinski definition) is 1. The molecule has 1 aromatic carbocycles. The number of carbonyl (C=O) groups is 1. The number of hydrogen-bond acceptors (Lipinski definition) is 2. The Hall–Kier alpha value is -1.42. The summed E-state index contributed by atoms with van der Waals surface area (Å²) < 4.78 is 13.1. The first-order valence-electron chi connectivity index (χ1n) is 6.25. The molecule has 0 radical (unpaired) electrons. The predicted octanol–water partition coefficient (Wildman–Crippen LogP) is 1.58. The van der Waals surface area contributed by atoms with Crippen molar-refractivity contribution in [3.8, 4) is 0 Å². The van der Waals surface area contributed by atoms with Crippen LogP contribution in [0.15, 0.2) is 24.3 Å². The predicted molar refractivity (Wildman–Crippen MR) is 68.8 cm³/mol. The lowest BCUT2D eigenvalue weighted by Crippen LogP contribution is -2.60. The molecule has 1 saturated heterocycles. The van der Waals surface area contributed by atoms with Crippen molar-refractivity contribution in [3.63, 3.8) is 0 Å². The summed E-state index contributed by atoms with van der Waals surface area (Å²) in [6.45, 7) is 6.41. The van der Waals surface area contributed by atoms with Crippen LogP contribution in [0.3, 0.4) is 0 Å². The number of rotatable bonds is 2. The van der Waals surface area contributed by atoms with E-state index in [0.717, 1.165) is 18.7 Å². The van der Waals surface area contributed by atoms with Gasteiger partial charge in [0.15, 0.2) is 0 Å². The van der Waals surface area contributed by atoms with Crippen LogP contribution >= 0.6 is 0 Å². The van der Waals surface area contributed by atoms with Crippen LogP contribution in [-0.2, 0) is 11.2 Å². The van der Waals surface area contributed by atoms with Gasteiger partial charge in [0.05, 0.1) is 6.42 Å². The zero-order chi connectivity index (χ0) is 13.2. The maximum atomic E-state index is 13.1. The van der Waals surface area contributed by atoms with E-state index in [9.17, 15) is 9.18 Å². The Labute approximate surface area is 107 Å². The Bertz CT molecular complexity index is 445. The largest absolute Gasteiger partial charge is 0.335 e. The summed E-state index contributed by atoms with van der Waals surface area (Å²) >= 11 is 0. The fourth-order valence-electron chi connectivity index (χ4n) is 2.36. The van der Waals surface area contributed by atoms with Crippen LogP contribution in [0, 0.1) is 5.82 Å². The smallest absolute Gasteiger partial charge is 0.227 e. The van der Waals surface area contributed by atoms with E-state index in [4.69, 9.17) is 0 Å². The summed E-state index contributed by atoms with van der Waals surface area (Å²) in [7, 11) is 0. The average molecular weight is 250 g/mol. The highest BCUT2D eigenvalue weighted by Gasteiger charge is 2.32. The number of piperazine rings is 1. The molecule has 0 unspecified atom stereocenters. The fourth-order valence-corrected chi connectivity index (χ4v) is 2.36. The Morgan fingerprint density at radius 3 is 2.94 bits per heavy atom. The van der Waals surface area contributed by atoms with Crippen molar-refractivity contribution < 1.29 is 9.18 Å². The molecule has 0 atom stereocenters. The molecule has 1 heterocycles. The molecule has 0 bridgehead atoms. The lowest BCUT2D eigenvalue weighted by atomic mass is 9.99. The summed E-state index contributed by atoms with van der Waals surface area (Å²) in [5.74, 6) is -0.230. The molecule has 1 N–H and O–H groups in total. The van der Waals surface area contributed by atoms with Gasteiger partial charge in [0.25, 0.3) is 0 Å². The third-order valence-electron chi connectivity index (χ3n) is 3.35. The van der Waals surface area contributed by atoms with Gasteiger partial charge in [-0.2, -0.15) is 0 Å². The van der Waals surface area contributed by atoms with Gasteiger partial charge in [-0.05, 0) is 31.5 Å². The van der Waals surface area contributed by atoms with Gasteiger partial charge in [0.2, 0.25) is 5.91 Å². The average Bonchev–Trinajstić information content (AvgIpc) is 2.28. The number of amides is 1. The topological polar surface area (TPSA) is 32.3 Å². The van der Waals surface area contributed by atoms with Crippen molar-refractivity contribution in [1.82, 2.24) is 10.2 Å². The first kappa shape index (κ1) is 13.0. The van der Waals surface area contributed by atoms with Crippen molar-refractivity contribution >= 4 is 5.91 Å². The van der Waals surface area contributed by atoms with Gasteiger partial charge < -0.3 is 10.2 Å². The number of benzene rings is 1. The number of nitrogens with zero attached hydrogens (tertiary/aromatic N) is 1. The van der Waals surface area contributed by atoms with Crippen molar-refractivity contribution in [2.45, 2.75) is 25.8 Å². The third kappa shape index (κ3) is 2.88. The molecule has 0 aliphatic carbocycles. The maximum absolute atomic E-state index is 13.1. The second kappa shape index (κ2) is 5.06. The van der Waals surface area contributed by atoms with Crippen molar-refractivity contribution in [1.29, 1.82) is 0 Å². The molecule has 1 amide bonds. The van der Waals surface area contributed by atoms with Gasteiger partial charge in [0.1, 0.15) is 5.82 Å². The molecule has 2 rings (SSSR count). The summed E-state index contributed by atoms with van der Waals surface area (Å²) in [5, 5.41) is 3.28. The molecule has 1 aliphatic rings. The molecular weight excluding hydrogens is 231 g/mol. The minimum Gasteiger partial charge on any atom is -0.335 e. The molecular formula is C14H19FN2O. The quantitative estimate of drug-likeness (QED) is 0.864. The van der Waals surface area contributed by atoms with Crippen molar-refractivity contribution in [2.24, 2.45) is 0 Å². The van der Waals surface area contributed by atoms with E-state index < -0.39 is 0 Å². The third-order valence-corrected chi connectivity index (χ3v) is 3.35. The second-order valence-electron chi connectivity index (χ2n) is 5.34. The highest BCUT2D eigenvalue weighted by molar-refractivity contribution is 5.79. The van der Waals surface area contributed by atoms with Crippen molar-refractivity contribution in [3.05, 3.63) is 35.6 Å². The minimum absolute atomic E-state index is 0.0621. The fraction of sp³-hybridized carbons (Fsp3) is 0.500. The van der Waals surface area contributed by atoms with Crippen LogP contribution in [0.25, 0.3) is 0 Å².